The van der Waals surface area contributed by atoms with Gasteiger partial charge in [0, 0.05) is 41.8 Å². The molecule has 2 aromatic carbocycles. The summed E-state index contributed by atoms with van der Waals surface area (Å²) in [5.41, 5.74) is 1.26. The molecule has 1 amide bonds. The summed E-state index contributed by atoms with van der Waals surface area (Å²) in [5, 5.41) is 3.76. The Morgan fingerprint density at radius 2 is 1.70 bits per heavy atom. The van der Waals surface area contributed by atoms with Crippen LogP contribution in [0.15, 0.2) is 62.4 Å². The zero-order valence-electron chi connectivity index (χ0n) is 16.2. The first kappa shape index (κ1) is 20.7. The Balaban J connectivity index is 1.43. The van der Waals surface area contributed by atoms with Crippen LogP contribution in [-0.4, -0.2) is 59.8 Å². The summed E-state index contributed by atoms with van der Waals surface area (Å²) in [6.45, 7) is 2.88. The first-order valence-corrected chi connectivity index (χ1v) is 11.5. The molecule has 30 heavy (non-hydrogen) atoms. The zero-order chi connectivity index (χ0) is 21.3. The molecule has 1 aromatic heterocycles. The van der Waals surface area contributed by atoms with Crippen LogP contribution < -0.4 is 0 Å². The van der Waals surface area contributed by atoms with E-state index < -0.39 is 10.0 Å². The van der Waals surface area contributed by atoms with Gasteiger partial charge in [-0.25, -0.2) is 8.42 Å². The van der Waals surface area contributed by atoms with Crippen LogP contribution in [-0.2, 0) is 10.0 Å². The Morgan fingerprint density at radius 3 is 2.30 bits per heavy atom. The standard InChI is InChI=1S/C20H19BrN4O4S/c1-14-22-19(29-23-14)15-6-8-16(9-7-15)20(26)24-10-12-25(13-11-24)30(27,28)18-5-3-2-4-17(18)21/h2-9H,10-13H2,1H3. The Kier molecular flexibility index (Phi) is 5.72. The van der Waals surface area contributed by atoms with Crippen LogP contribution in [0.5, 0.6) is 0 Å². The number of amides is 1. The van der Waals surface area contributed by atoms with E-state index in [1.54, 1.807) is 60.4 Å². The van der Waals surface area contributed by atoms with Crippen LogP contribution in [0.1, 0.15) is 16.2 Å². The fourth-order valence-electron chi connectivity index (χ4n) is 3.28. The lowest BCUT2D eigenvalue weighted by Gasteiger charge is -2.34. The Morgan fingerprint density at radius 1 is 1.03 bits per heavy atom. The molecular formula is C20H19BrN4O4S. The molecule has 2 heterocycles. The molecule has 0 N–H and O–H groups in total. The summed E-state index contributed by atoms with van der Waals surface area (Å²) < 4.78 is 32.9. The van der Waals surface area contributed by atoms with Crippen molar-refractivity contribution in [3.8, 4) is 11.5 Å². The molecule has 0 atom stereocenters. The second-order valence-electron chi connectivity index (χ2n) is 6.85. The van der Waals surface area contributed by atoms with Crippen LogP contribution >= 0.6 is 15.9 Å². The van der Waals surface area contributed by atoms with E-state index in [0.717, 1.165) is 5.56 Å². The summed E-state index contributed by atoms with van der Waals surface area (Å²) in [6, 6.07) is 13.7. The van der Waals surface area contributed by atoms with Crippen molar-refractivity contribution in [3.05, 3.63) is 64.4 Å². The van der Waals surface area contributed by atoms with Gasteiger partial charge >= 0.3 is 0 Å². The molecule has 8 nitrogen and oxygen atoms in total. The number of halogens is 1. The van der Waals surface area contributed by atoms with Crippen molar-refractivity contribution in [3.63, 3.8) is 0 Å². The maximum Gasteiger partial charge on any atom is 0.257 e. The van der Waals surface area contributed by atoms with E-state index in [9.17, 15) is 13.2 Å². The van der Waals surface area contributed by atoms with Gasteiger partial charge in [0.2, 0.25) is 10.0 Å². The molecule has 1 fully saturated rings. The third kappa shape index (κ3) is 4.03. The highest BCUT2D eigenvalue weighted by Crippen LogP contribution is 2.26. The number of benzene rings is 2. The predicted octanol–water partition coefficient (Wildman–Crippen LogP) is 2.95. The second kappa shape index (κ2) is 8.29. The maximum atomic E-state index is 12.9. The van der Waals surface area contributed by atoms with Crippen LogP contribution in [0.2, 0.25) is 0 Å². The van der Waals surface area contributed by atoms with E-state index in [0.29, 0.717) is 34.8 Å². The molecule has 0 saturated carbocycles. The summed E-state index contributed by atoms with van der Waals surface area (Å²) in [6.07, 6.45) is 0. The topological polar surface area (TPSA) is 96.6 Å². The average Bonchev–Trinajstić information content (AvgIpc) is 3.20. The van der Waals surface area contributed by atoms with Gasteiger partial charge in [0.1, 0.15) is 0 Å². The van der Waals surface area contributed by atoms with Crippen LogP contribution in [0.4, 0.5) is 0 Å². The molecule has 1 aliphatic rings. The molecule has 1 aliphatic heterocycles. The quantitative estimate of drug-likeness (QED) is 0.557. The van der Waals surface area contributed by atoms with Gasteiger partial charge in [0.25, 0.3) is 11.8 Å². The van der Waals surface area contributed by atoms with Crippen molar-refractivity contribution in [2.75, 3.05) is 26.2 Å². The maximum absolute atomic E-state index is 12.9. The molecule has 0 radical (unpaired) electrons. The van der Waals surface area contributed by atoms with Gasteiger partial charge in [-0.15, -0.1) is 0 Å². The first-order chi connectivity index (χ1) is 14.4. The van der Waals surface area contributed by atoms with Gasteiger partial charge in [-0.2, -0.15) is 9.29 Å². The van der Waals surface area contributed by atoms with Gasteiger partial charge in [-0.3, -0.25) is 4.79 Å². The van der Waals surface area contributed by atoms with Gasteiger partial charge < -0.3 is 9.42 Å². The Hall–Kier alpha value is -2.56. The number of hydrogen-bond acceptors (Lipinski definition) is 6. The highest BCUT2D eigenvalue weighted by atomic mass is 79.9. The fourth-order valence-corrected chi connectivity index (χ4v) is 5.66. The molecule has 0 bridgehead atoms. The Bertz CT molecular complexity index is 1170. The molecule has 4 rings (SSSR count). The number of piperazine rings is 1. The summed E-state index contributed by atoms with van der Waals surface area (Å²) in [5.74, 6) is 0.805. The molecular weight excluding hydrogens is 472 g/mol. The minimum Gasteiger partial charge on any atom is -0.336 e. The average molecular weight is 491 g/mol. The minimum absolute atomic E-state index is 0.138. The largest absolute Gasteiger partial charge is 0.336 e. The number of sulfonamides is 1. The molecule has 1 saturated heterocycles. The third-order valence-electron chi connectivity index (χ3n) is 4.89. The number of aryl methyl sites for hydroxylation is 1. The number of carbonyl (C=O) groups is 1. The summed E-state index contributed by atoms with van der Waals surface area (Å²) in [4.78, 5) is 18.9. The zero-order valence-corrected chi connectivity index (χ0v) is 18.6. The molecule has 0 spiro atoms. The lowest BCUT2D eigenvalue weighted by Crippen LogP contribution is -2.50. The predicted molar refractivity (Wildman–Crippen MR) is 113 cm³/mol. The van der Waals surface area contributed by atoms with Gasteiger partial charge in [-0.1, -0.05) is 17.3 Å². The van der Waals surface area contributed by atoms with E-state index in [1.165, 1.54) is 4.31 Å². The highest BCUT2D eigenvalue weighted by Gasteiger charge is 2.31. The van der Waals surface area contributed by atoms with Crippen LogP contribution in [0.25, 0.3) is 11.5 Å². The van der Waals surface area contributed by atoms with E-state index in [2.05, 4.69) is 26.1 Å². The first-order valence-electron chi connectivity index (χ1n) is 9.31. The molecule has 156 valence electrons. The van der Waals surface area contributed by atoms with Gasteiger partial charge in [-0.05, 0) is 59.3 Å². The number of rotatable bonds is 4. The number of nitrogens with zero attached hydrogens (tertiary/aromatic N) is 4. The van der Waals surface area contributed by atoms with E-state index in [1.807, 2.05) is 0 Å². The van der Waals surface area contributed by atoms with E-state index in [4.69, 9.17) is 4.52 Å². The van der Waals surface area contributed by atoms with Crippen LogP contribution in [0, 0.1) is 6.92 Å². The Labute approximate surface area is 182 Å². The van der Waals surface area contributed by atoms with Crippen molar-refractivity contribution in [1.82, 2.24) is 19.3 Å². The van der Waals surface area contributed by atoms with Crippen molar-refractivity contribution in [2.45, 2.75) is 11.8 Å². The normalized spacial score (nSPS) is 15.3. The summed E-state index contributed by atoms with van der Waals surface area (Å²) in [7, 11) is -3.62. The lowest BCUT2D eigenvalue weighted by molar-refractivity contribution is 0.0698. The lowest BCUT2D eigenvalue weighted by atomic mass is 10.1. The van der Waals surface area contributed by atoms with Crippen molar-refractivity contribution < 1.29 is 17.7 Å². The molecule has 0 aliphatic carbocycles. The number of carbonyl (C=O) groups excluding carboxylic acids is 1. The van der Waals surface area contributed by atoms with E-state index >= 15 is 0 Å². The van der Waals surface area contributed by atoms with Crippen LogP contribution in [0.3, 0.4) is 0 Å². The molecule has 0 unspecified atom stereocenters. The number of hydrogen-bond donors (Lipinski definition) is 0. The third-order valence-corrected chi connectivity index (χ3v) is 7.80. The smallest absolute Gasteiger partial charge is 0.257 e. The minimum atomic E-state index is -3.62. The number of aromatic nitrogens is 2. The van der Waals surface area contributed by atoms with Crippen molar-refractivity contribution in [2.24, 2.45) is 0 Å². The molecule has 10 heteroatoms. The fraction of sp³-hybridized carbons (Fsp3) is 0.250. The van der Waals surface area contributed by atoms with E-state index in [-0.39, 0.29) is 23.9 Å². The molecule has 3 aromatic rings. The van der Waals surface area contributed by atoms with Gasteiger partial charge in [0.05, 0.1) is 4.90 Å². The monoisotopic (exact) mass is 490 g/mol. The van der Waals surface area contributed by atoms with Crippen molar-refractivity contribution in [1.29, 1.82) is 0 Å². The van der Waals surface area contributed by atoms with Gasteiger partial charge in [0.15, 0.2) is 5.82 Å². The van der Waals surface area contributed by atoms with Crippen molar-refractivity contribution >= 4 is 31.9 Å². The second-order valence-corrected chi connectivity index (χ2v) is 9.61. The SMILES string of the molecule is Cc1noc(-c2ccc(C(=O)N3CCN(S(=O)(=O)c4ccccc4Br)CC3)cc2)n1. The highest BCUT2D eigenvalue weighted by molar-refractivity contribution is 9.10. The summed E-state index contributed by atoms with van der Waals surface area (Å²) >= 11 is 3.30.